The van der Waals surface area contributed by atoms with Gasteiger partial charge in [0.15, 0.2) is 6.61 Å². The topological polar surface area (TPSA) is 29.5 Å². The Morgan fingerprint density at radius 1 is 0.852 bits per heavy atom. The predicted molar refractivity (Wildman–Crippen MR) is 110 cm³/mol. The fraction of sp³-hybridized carbons (Fsp3) is 0.292. The van der Waals surface area contributed by atoms with E-state index in [4.69, 9.17) is 4.74 Å². The number of para-hydroxylation sites is 1. The van der Waals surface area contributed by atoms with Gasteiger partial charge in [-0.2, -0.15) is 0 Å². The Morgan fingerprint density at radius 2 is 1.56 bits per heavy atom. The Bertz CT molecular complexity index is 895. The number of anilines is 1. The van der Waals surface area contributed by atoms with Gasteiger partial charge < -0.3 is 9.64 Å². The van der Waals surface area contributed by atoms with Gasteiger partial charge in [-0.3, -0.25) is 4.79 Å². The van der Waals surface area contributed by atoms with Crippen molar-refractivity contribution < 1.29 is 9.53 Å². The molecule has 27 heavy (non-hydrogen) atoms. The average molecular weight is 359 g/mol. The van der Waals surface area contributed by atoms with E-state index in [0.717, 1.165) is 35.1 Å². The van der Waals surface area contributed by atoms with E-state index in [9.17, 15) is 4.79 Å². The van der Waals surface area contributed by atoms with Crippen LogP contribution in [-0.4, -0.2) is 18.6 Å². The molecule has 1 saturated carbocycles. The van der Waals surface area contributed by atoms with Crippen LogP contribution in [0.4, 0.5) is 5.69 Å². The number of fused-ring (bicyclic) bond motifs is 1. The van der Waals surface area contributed by atoms with E-state index in [1.165, 1.54) is 19.3 Å². The summed E-state index contributed by atoms with van der Waals surface area (Å²) in [5, 5.41) is 2.16. The molecule has 0 spiro atoms. The maximum atomic E-state index is 13.2. The molecule has 1 aliphatic carbocycles. The molecular weight excluding hydrogens is 334 g/mol. The maximum absolute atomic E-state index is 13.2. The molecule has 0 heterocycles. The van der Waals surface area contributed by atoms with Crippen molar-refractivity contribution in [2.24, 2.45) is 0 Å². The molecule has 1 fully saturated rings. The van der Waals surface area contributed by atoms with Gasteiger partial charge in [-0.1, -0.05) is 73.9 Å². The van der Waals surface area contributed by atoms with Crippen molar-refractivity contribution in [2.75, 3.05) is 11.5 Å². The second-order valence-corrected chi connectivity index (χ2v) is 7.16. The van der Waals surface area contributed by atoms with E-state index in [1.54, 1.807) is 0 Å². The summed E-state index contributed by atoms with van der Waals surface area (Å²) in [6.07, 6.45) is 5.76. The van der Waals surface area contributed by atoms with Gasteiger partial charge in [0.2, 0.25) is 0 Å². The number of rotatable bonds is 5. The summed E-state index contributed by atoms with van der Waals surface area (Å²) in [5.74, 6) is 0.791. The molecule has 1 aliphatic rings. The molecular formula is C24H25NO2. The smallest absolute Gasteiger partial charge is 0.265 e. The molecule has 0 aromatic heterocycles. The minimum absolute atomic E-state index is 0.0287. The van der Waals surface area contributed by atoms with Crippen molar-refractivity contribution >= 4 is 22.4 Å². The van der Waals surface area contributed by atoms with Crippen LogP contribution in [0.3, 0.4) is 0 Å². The van der Waals surface area contributed by atoms with Crippen molar-refractivity contribution in [3.05, 3.63) is 72.8 Å². The molecule has 3 aromatic rings. The zero-order chi connectivity index (χ0) is 18.5. The number of carbonyl (C=O) groups is 1. The van der Waals surface area contributed by atoms with E-state index in [2.05, 4.69) is 12.1 Å². The highest BCUT2D eigenvalue weighted by molar-refractivity contribution is 5.95. The maximum Gasteiger partial charge on any atom is 0.265 e. The molecule has 138 valence electrons. The van der Waals surface area contributed by atoms with Gasteiger partial charge in [-0.05, 0) is 36.4 Å². The van der Waals surface area contributed by atoms with Crippen LogP contribution < -0.4 is 9.64 Å². The second kappa shape index (κ2) is 8.26. The molecule has 0 atom stereocenters. The predicted octanol–water partition coefficient (Wildman–Crippen LogP) is 5.58. The van der Waals surface area contributed by atoms with Gasteiger partial charge in [0.1, 0.15) is 5.75 Å². The fourth-order valence-corrected chi connectivity index (χ4v) is 4.02. The Labute approximate surface area is 160 Å². The van der Waals surface area contributed by atoms with Crippen LogP contribution in [0.25, 0.3) is 10.8 Å². The number of hydrogen-bond donors (Lipinski definition) is 0. The third-order valence-corrected chi connectivity index (χ3v) is 5.34. The third-order valence-electron chi connectivity index (χ3n) is 5.34. The molecule has 0 bridgehead atoms. The Hall–Kier alpha value is -2.81. The van der Waals surface area contributed by atoms with Crippen molar-refractivity contribution in [3.8, 4) is 5.75 Å². The molecule has 0 aliphatic heterocycles. The van der Waals surface area contributed by atoms with Crippen LogP contribution in [0.2, 0.25) is 0 Å². The van der Waals surface area contributed by atoms with Crippen LogP contribution in [0.5, 0.6) is 5.75 Å². The minimum Gasteiger partial charge on any atom is -0.483 e. The van der Waals surface area contributed by atoms with Gasteiger partial charge in [0.25, 0.3) is 5.91 Å². The highest BCUT2D eigenvalue weighted by Gasteiger charge is 2.27. The molecule has 3 heteroatoms. The minimum atomic E-state index is 0.0287. The molecule has 0 saturated heterocycles. The first-order chi connectivity index (χ1) is 13.3. The third kappa shape index (κ3) is 3.97. The van der Waals surface area contributed by atoms with Gasteiger partial charge in [-0.25, -0.2) is 0 Å². The highest BCUT2D eigenvalue weighted by Crippen LogP contribution is 2.29. The highest BCUT2D eigenvalue weighted by atomic mass is 16.5. The van der Waals surface area contributed by atoms with E-state index in [-0.39, 0.29) is 18.6 Å². The lowest BCUT2D eigenvalue weighted by Crippen LogP contribution is -2.44. The van der Waals surface area contributed by atoms with Crippen molar-refractivity contribution in [2.45, 2.75) is 38.1 Å². The largest absolute Gasteiger partial charge is 0.483 e. The van der Waals surface area contributed by atoms with Crippen LogP contribution in [0, 0.1) is 0 Å². The Kier molecular flexibility index (Phi) is 5.38. The standard InChI is InChI=1S/C24H25NO2/c26-24(18-27-23-17-9-11-19-10-7-8-16-22(19)23)25(20-12-3-1-4-13-20)21-14-5-2-6-15-21/h1,3-4,7-13,16-17,21H,2,5-6,14-15,18H2. The van der Waals surface area contributed by atoms with E-state index in [0.29, 0.717) is 0 Å². The Balaban J connectivity index is 1.54. The summed E-state index contributed by atoms with van der Waals surface area (Å²) in [7, 11) is 0. The summed E-state index contributed by atoms with van der Waals surface area (Å²) in [4.78, 5) is 15.1. The molecule has 0 unspecified atom stereocenters. The fourth-order valence-electron chi connectivity index (χ4n) is 4.02. The summed E-state index contributed by atoms with van der Waals surface area (Å²) >= 11 is 0. The van der Waals surface area contributed by atoms with E-state index < -0.39 is 0 Å². The first-order valence-electron chi connectivity index (χ1n) is 9.80. The normalized spacial score (nSPS) is 14.8. The van der Waals surface area contributed by atoms with Crippen molar-refractivity contribution in [1.82, 2.24) is 0 Å². The molecule has 3 aromatic carbocycles. The number of hydrogen-bond acceptors (Lipinski definition) is 2. The van der Waals surface area contributed by atoms with Gasteiger partial charge >= 0.3 is 0 Å². The Morgan fingerprint density at radius 3 is 2.37 bits per heavy atom. The first kappa shape index (κ1) is 17.6. The second-order valence-electron chi connectivity index (χ2n) is 7.16. The summed E-state index contributed by atoms with van der Waals surface area (Å²) < 4.78 is 5.98. The summed E-state index contributed by atoms with van der Waals surface area (Å²) in [5.41, 5.74) is 0.968. The summed E-state index contributed by atoms with van der Waals surface area (Å²) in [6.45, 7) is 0.0550. The zero-order valence-corrected chi connectivity index (χ0v) is 15.5. The quantitative estimate of drug-likeness (QED) is 0.595. The molecule has 1 amide bonds. The first-order valence-corrected chi connectivity index (χ1v) is 9.80. The number of benzene rings is 3. The van der Waals surface area contributed by atoms with E-state index in [1.807, 2.05) is 65.6 Å². The van der Waals surface area contributed by atoms with E-state index >= 15 is 0 Å². The van der Waals surface area contributed by atoms with Crippen LogP contribution in [0.1, 0.15) is 32.1 Å². The lowest BCUT2D eigenvalue weighted by molar-refractivity contribution is -0.121. The number of nitrogens with zero attached hydrogens (tertiary/aromatic N) is 1. The van der Waals surface area contributed by atoms with Crippen LogP contribution in [-0.2, 0) is 4.79 Å². The van der Waals surface area contributed by atoms with Crippen molar-refractivity contribution in [1.29, 1.82) is 0 Å². The SMILES string of the molecule is O=C(COc1cccc2ccccc12)N(c1ccccc1)C1CCCCC1. The van der Waals surface area contributed by atoms with Crippen molar-refractivity contribution in [3.63, 3.8) is 0 Å². The average Bonchev–Trinajstić information content (AvgIpc) is 2.74. The number of amides is 1. The lowest BCUT2D eigenvalue weighted by Gasteiger charge is -2.34. The van der Waals surface area contributed by atoms with Gasteiger partial charge in [0.05, 0.1) is 0 Å². The van der Waals surface area contributed by atoms with Crippen LogP contribution in [0.15, 0.2) is 72.8 Å². The molecule has 0 N–H and O–H groups in total. The molecule has 4 rings (SSSR count). The van der Waals surface area contributed by atoms with Crippen LogP contribution >= 0.6 is 0 Å². The lowest BCUT2D eigenvalue weighted by atomic mass is 9.93. The number of ether oxygens (including phenoxy) is 1. The molecule has 0 radical (unpaired) electrons. The monoisotopic (exact) mass is 359 g/mol. The summed E-state index contributed by atoms with van der Waals surface area (Å²) in [6, 6.07) is 24.3. The van der Waals surface area contributed by atoms with Gasteiger partial charge in [0, 0.05) is 17.1 Å². The molecule has 3 nitrogen and oxygen atoms in total. The zero-order valence-electron chi connectivity index (χ0n) is 15.5. The number of carbonyl (C=O) groups excluding carboxylic acids is 1. The van der Waals surface area contributed by atoms with Gasteiger partial charge in [-0.15, -0.1) is 0 Å².